The molecule has 1 fully saturated rings. The molecule has 3 aromatic rings. The number of hydrogen-bond donors (Lipinski definition) is 1. The van der Waals surface area contributed by atoms with Gasteiger partial charge in [-0.3, -0.25) is 14.2 Å². The van der Waals surface area contributed by atoms with Crippen LogP contribution >= 0.6 is 0 Å². The molecule has 5 rings (SSSR count). The minimum absolute atomic E-state index is 0.0338. The third-order valence-electron chi connectivity index (χ3n) is 7.30. The Labute approximate surface area is 176 Å². The van der Waals surface area contributed by atoms with Crippen molar-refractivity contribution in [3.05, 3.63) is 70.1 Å². The second kappa shape index (κ2) is 5.92. The van der Waals surface area contributed by atoms with E-state index in [-0.39, 0.29) is 23.2 Å². The zero-order valence-electron chi connectivity index (χ0n) is 18.0. The third-order valence-corrected chi connectivity index (χ3v) is 7.30. The molecule has 2 heterocycles. The molecule has 2 aromatic carbocycles. The van der Waals surface area contributed by atoms with Crippen molar-refractivity contribution >= 4 is 16.6 Å². The number of benzene rings is 2. The number of aliphatic hydroxyl groups is 1. The second-order valence-electron chi connectivity index (χ2n) is 10.1. The van der Waals surface area contributed by atoms with Crippen molar-refractivity contribution in [2.75, 3.05) is 0 Å². The van der Waals surface area contributed by atoms with E-state index in [9.17, 15) is 14.7 Å². The van der Waals surface area contributed by atoms with E-state index in [1.807, 2.05) is 49.4 Å². The van der Waals surface area contributed by atoms with Crippen LogP contribution in [0.4, 0.5) is 0 Å². The maximum atomic E-state index is 13.7. The van der Waals surface area contributed by atoms with Gasteiger partial charge in [0.25, 0.3) is 5.56 Å². The standard InChI is InChI=1S/C26H27NO3/c1-24(2,3)17-10-11-18-19(14-17)22(16-8-6-5-7-9-16)20-15-25(4)21(28)12-13-26(25,30)27(20)23(18)29/h5-11,14,30H,12-13,15H2,1-4H3/t25-,26-/m0/s1. The Morgan fingerprint density at radius 1 is 1.00 bits per heavy atom. The van der Waals surface area contributed by atoms with Gasteiger partial charge in [0.1, 0.15) is 5.78 Å². The Morgan fingerprint density at radius 2 is 1.70 bits per heavy atom. The molecule has 1 N–H and O–H groups in total. The zero-order chi connectivity index (χ0) is 21.5. The summed E-state index contributed by atoms with van der Waals surface area (Å²) in [4.78, 5) is 26.5. The highest BCUT2D eigenvalue weighted by molar-refractivity contribution is 5.99. The first-order valence-corrected chi connectivity index (χ1v) is 10.6. The second-order valence-corrected chi connectivity index (χ2v) is 10.1. The number of nitrogens with zero attached hydrogens (tertiary/aromatic N) is 1. The smallest absolute Gasteiger partial charge is 0.261 e. The molecule has 0 saturated heterocycles. The highest BCUT2D eigenvalue weighted by atomic mass is 16.3. The fraction of sp³-hybridized carbons (Fsp3) is 0.385. The Morgan fingerprint density at radius 3 is 2.37 bits per heavy atom. The lowest BCUT2D eigenvalue weighted by atomic mass is 9.79. The van der Waals surface area contributed by atoms with E-state index in [0.717, 1.165) is 27.8 Å². The predicted octanol–water partition coefficient (Wildman–Crippen LogP) is 4.54. The average Bonchev–Trinajstić information content (AvgIpc) is 3.07. The number of fused-ring (bicyclic) bond motifs is 4. The molecule has 1 aliphatic carbocycles. The van der Waals surface area contributed by atoms with Crippen molar-refractivity contribution in [3.8, 4) is 11.1 Å². The fourth-order valence-corrected chi connectivity index (χ4v) is 5.40. The summed E-state index contributed by atoms with van der Waals surface area (Å²) >= 11 is 0. The average molecular weight is 402 g/mol. The lowest BCUT2D eigenvalue weighted by Gasteiger charge is -2.32. The van der Waals surface area contributed by atoms with Gasteiger partial charge in [0.2, 0.25) is 0 Å². The van der Waals surface area contributed by atoms with Crippen molar-refractivity contribution in [1.29, 1.82) is 0 Å². The zero-order valence-corrected chi connectivity index (χ0v) is 18.0. The van der Waals surface area contributed by atoms with Crippen LogP contribution in [-0.4, -0.2) is 15.5 Å². The number of carbonyl (C=O) groups excluding carboxylic acids is 1. The quantitative estimate of drug-likeness (QED) is 0.651. The number of aromatic nitrogens is 1. The monoisotopic (exact) mass is 401 g/mol. The van der Waals surface area contributed by atoms with Crippen LogP contribution in [0, 0.1) is 5.41 Å². The Bertz CT molecular complexity index is 1270. The summed E-state index contributed by atoms with van der Waals surface area (Å²) < 4.78 is 1.54. The number of carbonyl (C=O) groups is 1. The van der Waals surface area contributed by atoms with E-state index in [1.165, 1.54) is 0 Å². The van der Waals surface area contributed by atoms with Crippen LogP contribution in [0.1, 0.15) is 51.8 Å². The Balaban J connectivity index is 1.95. The minimum atomic E-state index is -1.46. The molecule has 154 valence electrons. The topological polar surface area (TPSA) is 59.3 Å². The van der Waals surface area contributed by atoms with Crippen LogP contribution in [0.15, 0.2) is 53.3 Å². The van der Waals surface area contributed by atoms with Crippen LogP contribution in [0.2, 0.25) is 0 Å². The molecule has 0 amide bonds. The molecule has 0 spiro atoms. The predicted molar refractivity (Wildman–Crippen MR) is 119 cm³/mol. The van der Waals surface area contributed by atoms with Crippen molar-refractivity contribution in [3.63, 3.8) is 0 Å². The lowest BCUT2D eigenvalue weighted by Crippen LogP contribution is -2.47. The van der Waals surface area contributed by atoms with Crippen LogP contribution < -0.4 is 5.56 Å². The Hall–Kier alpha value is -2.72. The fourth-order valence-electron chi connectivity index (χ4n) is 5.40. The van der Waals surface area contributed by atoms with Gasteiger partial charge in [0.15, 0.2) is 5.72 Å². The first-order valence-electron chi connectivity index (χ1n) is 10.6. The highest BCUT2D eigenvalue weighted by Gasteiger charge is 2.63. The summed E-state index contributed by atoms with van der Waals surface area (Å²) in [7, 11) is 0. The molecule has 30 heavy (non-hydrogen) atoms. The maximum Gasteiger partial charge on any atom is 0.261 e. The molecular formula is C26H27NO3. The molecule has 4 nitrogen and oxygen atoms in total. The molecule has 2 atom stereocenters. The van der Waals surface area contributed by atoms with Gasteiger partial charge in [-0.05, 0) is 41.0 Å². The SMILES string of the molecule is CC(C)(C)c1ccc2c(=O)n3c(c(-c4ccccc4)c2c1)C[C@@]1(C)C(=O)CC[C@@]31O. The van der Waals surface area contributed by atoms with Crippen LogP contribution in [-0.2, 0) is 22.4 Å². The first kappa shape index (κ1) is 19.3. The summed E-state index contributed by atoms with van der Waals surface area (Å²) in [5, 5.41) is 13.1. The molecule has 0 bridgehead atoms. The van der Waals surface area contributed by atoms with Gasteiger partial charge in [0.05, 0.1) is 5.41 Å². The van der Waals surface area contributed by atoms with Crippen LogP contribution in [0.25, 0.3) is 21.9 Å². The van der Waals surface area contributed by atoms with Crippen molar-refractivity contribution in [1.82, 2.24) is 4.57 Å². The lowest BCUT2D eigenvalue weighted by molar-refractivity contribution is -0.142. The van der Waals surface area contributed by atoms with E-state index >= 15 is 0 Å². The maximum absolute atomic E-state index is 13.7. The summed E-state index contributed by atoms with van der Waals surface area (Å²) in [6.07, 6.45) is 0.965. The van der Waals surface area contributed by atoms with E-state index in [0.29, 0.717) is 18.2 Å². The molecule has 1 aliphatic heterocycles. The summed E-state index contributed by atoms with van der Waals surface area (Å²) in [5.74, 6) is 0.0338. The van der Waals surface area contributed by atoms with Crippen LogP contribution in [0.3, 0.4) is 0 Å². The van der Waals surface area contributed by atoms with Crippen molar-refractivity contribution < 1.29 is 9.90 Å². The van der Waals surface area contributed by atoms with E-state index in [1.54, 1.807) is 4.57 Å². The van der Waals surface area contributed by atoms with Crippen molar-refractivity contribution in [2.24, 2.45) is 5.41 Å². The molecular weight excluding hydrogens is 374 g/mol. The molecule has 4 heteroatoms. The summed E-state index contributed by atoms with van der Waals surface area (Å²) in [5.41, 5.74) is 1.17. The highest BCUT2D eigenvalue weighted by Crippen LogP contribution is 2.55. The van der Waals surface area contributed by atoms with Gasteiger partial charge in [-0.15, -0.1) is 0 Å². The minimum Gasteiger partial charge on any atom is -0.369 e. The van der Waals surface area contributed by atoms with E-state index in [2.05, 4.69) is 26.8 Å². The number of ketones is 1. The molecule has 2 aliphatic rings. The summed E-state index contributed by atoms with van der Waals surface area (Å²) in [6, 6.07) is 16.0. The largest absolute Gasteiger partial charge is 0.369 e. The van der Waals surface area contributed by atoms with Gasteiger partial charge in [-0.25, -0.2) is 0 Å². The first-order chi connectivity index (χ1) is 14.1. The summed E-state index contributed by atoms with van der Waals surface area (Å²) in [6.45, 7) is 8.28. The van der Waals surface area contributed by atoms with E-state index < -0.39 is 11.1 Å². The number of pyridine rings is 1. The molecule has 0 radical (unpaired) electrons. The van der Waals surface area contributed by atoms with Gasteiger partial charge >= 0.3 is 0 Å². The molecule has 1 aromatic heterocycles. The molecule has 0 unspecified atom stereocenters. The van der Waals surface area contributed by atoms with Gasteiger partial charge < -0.3 is 5.11 Å². The van der Waals surface area contributed by atoms with Gasteiger partial charge in [-0.2, -0.15) is 0 Å². The number of Topliss-reactive ketones (excluding diaryl/α,β-unsaturated/α-hetero) is 1. The van der Waals surface area contributed by atoms with Crippen molar-refractivity contribution in [2.45, 2.75) is 58.1 Å². The number of hydrogen-bond acceptors (Lipinski definition) is 3. The Kier molecular flexibility index (Phi) is 3.80. The number of rotatable bonds is 1. The van der Waals surface area contributed by atoms with Crippen LogP contribution in [0.5, 0.6) is 0 Å². The van der Waals surface area contributed by atoms with Gasteiger partial charge in [-0.1, -0.05) is 57.2 Å². The normalized spacial score (nSPS) is 25.6. The van der Waals surface area contributed by atoms with E-state index in [4.69, 9.17) is 0 Å². The van der Waals surface area contributed by atoms with Gasteiger partial charge in [0, 0.05) is 35.9 Å². The third kappa shape index (κ3) is 2.31. The molecule has 1 saturated carbocycles.